The van der Waals surface area contributed by atoms with Crippen LogP contribution in [0.15, 0.2) is 65.7 Å². The summed E-state index contributed by atoms with van der Waals surface area (Å²) in [5, 5.41) is 9.10. The number of pyridine rings is 2. The van der Waals surface area contributed by atoms with Gasteiger partial charge in [0.2, 0.25) is 0 Å². The SMILES string of the molecule is O=c1cc(-c2cccnc2)cc2n1C[C@H]1C[C@@H]2CN(Cc2ccccc2OCCO)C1. The molecule has 1 fully saturated rings. The highest BCUT2D eigenvalue weighted by atomic mass is 16.5. The average Bonchev–Trinajstić information content (AvgIpc) is 2.79. The van der Waals surface area contributed by atoms with Crippen molar-refractivity contribution in [2.75, 3.05) is 26.3 Å². The molecule has 4 heterocycles. The van der Waals surface area contributed by atoms with E-state index in [-0.39, 0.29) is 12.2 Å². The number of benzene rings is 1. The monoisotopic (exact) mass is 417 g/mol. The molecule has 0 amide bonds. The van der Waals surface area contributed by atoms with Gasteiger partial charge in [-0.25, -0.2) is 0 Å². The molecule has 6 heteroatoms. The number of aliphatic hydroxyl groups excluding tert-OH is 1. The first-order valence-corrected chi connectivity index (χ1v) is 10.9. The summed E-state index contributed by atoms with van der Waals surface area (Å²) >= 11 is 0. The number of rotatable bonds is 6. The van der Waals surface area contributed by atoms with Crippen molar-refractivity contribution >= 4 is 0 Å². The molecular weight excluding hydrogens is 390 g/mol. The van der Waals surface area contributed by atoms with Crippen molar-refractivity contribution in [3.8, 4) is 16.9 Å². The van der Waals surface area contributed by atoms with Crippen LogP contribution in [-0.2, 0) is 13.1 Å². The average molecular weight is 418 g/mol. The molecule has 0 radical (unpaired) electrons. The molecule has 1 N–H and O–H groups in total. The molecule has 31 heavy (non-hydrogen) atoms. The van der Waals surface area contributed by atoms with Crippen LogP contribution in [0.4, 0.5) is 0 Å². The molecule has 5 rings (SSSR count). The highest BCUT2D eigenvalue weighted by Crippen LogP contribution is 2.37. The number of nitrogens with zero attached hydrogens (tertiary/aromatic N) is 3. The molecule has 0 spiro atoms. The standard InChI is InChI=1S/C25H27N3O3/c29-8-9-31-24-6-2-1-4-20(24)16-27-14-18-10-22(17-27)23-11-21(12-25(30)28(23)15-18)19-5-3-7-26-13-19/h1-7,11-13,18,22,29H,8-10,14-17H2/t18-,22+/m0/s1. The fraction of sp³-hybridized carbons (Fsp3) is 0.360. The minimum atomic E-state index is 0.00694. The first-order valence-electron chi connectivity index (χ1n) is 10.9. The van der Waals surface area contributed by atoms with Crippen molar-refractivity contribution in [1.82, 2.24) is 14.5 Å². The number of hydrogen-bond donors (Lipinski definition) is 1. The van der Waals surface area contributed by atoms with Gasteiger partial charge in [-0.3, -0.25) is 14.7 Å². The molecule has 0 saturated carbocycles. The Hall–Kier alpha value is -2.96. The van der Waals surface area contributed by atoms with Crippen LogP contribution < -0.4 is 10.3 Å². The van der Waals surface area contributed by atoms with E-state index in [4.69, 9.17) is 9.84 Å². The molecule has 0 aliphatic carbocycles. The van der Waals surface area contributed by atoms with Gasteiger partial charge in [-0.15, -0.1) is 0 Å². The zero-order chi connectivity index (χ0) is 21.2. The molecule has 6 nitrogen and oxygen atoms in total. The van der Waals surface area contributed by atoms with Crippen LogP contribution in [0.2, 0.25) is 0 Å². The molecule has 2 aromatic heterocycles. The van der Waals surface area contributed by atoms with E-state index in [1.54, 1.807) is 12.3 Å². The zero-order valence-corrected chi connectivity index (χ0v) is 17.5. The van der Waals surface area contributed by atoms with Gasteiger partial charge in [0.05, 0.1) is 6.61 Å². The van der Waals surface area contributed by atoms with Crippen molar-refractivity contribution in [3.05, 3.63) is 82.5 Å². The minimum absolute atomic E-state index is 0.00694. The quantitative estimate of drug-likeness (QED) is 0.668. The second-order valence-corrected chi connectivity index (χ2v) is 8.53. The number of hydrogen-bond acceptors (Lipinski definition) is 5. The van der Waals surface area contributed by atoms with Gasteiger partial charge in [-0.1, -0.05) is 24.3 Å². The first kappa shape index (κ1) is 20.0. The minimum Gasteiger partial charge on any atom is -0.491 e. The summed E-state index contributed by atoms with van der Waals surface area (Å²) in [6.07, 6.45) is 4.68. The van der Waals surface area contributed by atoms with E-state index in [9.17, 15) is 4.79 Å². The molecule has 1 aromatic carbocycles. The van der Waals surface area contributed by atoms with Crippen LogP contribution in [0.3, 0.4) is 0 Å². The Kier molecular flexibility index (Phi) is 5.57. The Morgan fingerprint density at radius 2 is 1.97 bits per heavy atom. The third-order valence-corrected chi connectivity index (χ3v) is 6.34. The summed E-state index contributed by atoms with van der Waals surface area (Å²) < 4.78 is 7.71. The number of likely N-dealkylation sites (tertiary alicyclic amines) is 1. The molecule has 2 atom stereocenters. The number of piperidine rings is 1. The van der Waals surface area contributed by atoms with E-state index in [2.05, 4.69) is 22.0 Å². The second kappa shape index (κ2) is 8.65. The van der Waals surface area contributed by atoms with Crippen molar-refractivity contribution in [2.45, 2.75) is 25.4 Å². The molecule has 160 valence electrons. The van der Waals surface area contributed by atoms with E-state index < -0.39 is 0 Å². The predicted octanol–water partition coefficient (Wildman–Crippen LogP) is 2.90. The van der Waals surface area contributed by atoms with Crippen LogP contribution in [0, 0.1) is 5.92 Å². The number of aromatic nitrogens is 2. The van der Waals surface area contributed by atoms with Crippen LogP contribution >= 0.6 is 0 Å². The summed E-state index contributed by atoms with van der Waals surface area (Å²) in [6, 6.07) is 15.9. The van der Waals surface area contributed by atoms with Crippen LogP contribution in [0.5, 0.6) is 5.75 Å². The highest BCUT2D eigenvalue weighted by Gasteiger charge is 2.35. The van der Waals surface area contributed by atoms with Gasteiger partial charge in [0.1, 0.15) is 12.4 Å². The van der Waals surface area contributed by atoms with Crippen molar-refractivity contribution < 1.29 is 9.84 Å². The fourth-order valence-corrected chi connectivity index (χ4v) is 5.06. The number of para-hydroxylation sites is 1. The lowest BCUT2D eigenvalue weighted by Crippen LogP contribution is -2.46. The van der Waals surface area contributed by atoms with Crippen LogP contribution in [0.25, 0.3) is 11.1 Å². The second-order valence-electron chi connectivity index (χ2n) is 8.53. The molecule has 3 aromatic rings. The molecule has 1 saturated heterocycles. The summed E-state index contributed by atoms with van der Waals surface area (Å²) in [7, 11) is 0. The Balaban J connectivity index is 1.40. The van der Waals surface area contributed by atoms with E-state index in [1.807, 2.05) is 41.1 Å². The molecule has 2 aliphatic heterocycles. The van der Waals surface area contributed by atoms with Crippen LogP contribution in [0.1, 0.15) is 23.6 Å². The van der Waals surface area contributed by atoms with E-state index in [0.717, 1.165) is 60.7 Å². The van der Waals surface area contributed by atoms with Gasteiger partial charge in [0.25, 0.3) is 5.56 Å². The van der Waals surface area contributed by atoms with Crippen molar-refractivity contribution in [2.24, 2.45) is 5.92 Å². The van der Waals surface area contributed by atoms with E-state index in [1.165, 1.54) is 0 Å². The third kappa shape index (κ3) is 4.13. The Morgan fingerprint density at radius 1 is 1.06 bits per heavy atom. The maximum atomic E-state index is 12.9. The Bertz CT molecular complexity index is 1110. The van der Waals surface area contributed by atoms with E-state index >= 15 is 0 Å². The van der Waals surface area contributed by atoms with Gasteiger partial charge in [0, 0.05) is 67.4 Å². The van der Waals surface area contributed by atoms with Crippen LogP contribution in [-0.4, -0.2) is 45.9 Å². The topological polar surface area (TPSA) is 67.6 Å². The normalized spacial score (nSPS) is 20.3. The summed E-state index contributed by atoms with van der Waals surface area (Å²) in [5.74, 6) is 1.64. The van der Waals surface area contributed by atoms with Gasteiger partial charge in [-0.2, -0.15) is 0 Å². The fourth-order valence-electron chi connectivity index (χ4n) is 5.06. The predicted molar refractivity (Wildman–Crippen MR) is 119 cm³/mol. The maximum absolute atomic E-state index is 12.9. The van der Waals surface area contributed by atoms with Gasteiger partial charge in [0.15, 0.2) is 0 Å². The van der Waals surface area contributed by atoms with Gasteiger partial charge >= 0.3 is 0 Å². The maximum Gasteiger partial charge on any atom is 0.251 e. The smallest absolute Gasteiger partial charge is 0.251 e. The summed E-state index contributed by atoms with van der Waals surface area (Å²) in [6.45, 7) is 3.78. The highest BCUT2D eigenvalue weighted by molar-refractivity contribution is 5.62. The largest absolute Gasteiger partial charge is 0.491 e. The molecular formula is C25H27N3O3. The third-order valence-electron chi connectivity index (χ3n) is 6.34. The Labute approximate surface area is 181 Å². The van der Waals surface area contributed by atoms with Crippen molar-refractivity contribution in [3.63, 3.8) is 0 Å². The zero-order valence-electron chi connectivity index (χ0n) is 17.5. The van der Waals surface area contributed by atoms with E-state index in [0.29, 0.717) is 18.4 Å². The summed E-state index contributed by atoms with van der Waals surface area (Å²) in [5.41, 5.74) is 4.28. The molecule has 2 bridgehead atoms. The lowest BCUT2D eigenvalue weighted by atomic mass is 9.82. The first-order chi connectivity index (χ1) is 15.2. The van der Waals surface area contributed by atoms with Crippen molar-refractivity contribution in [1.29, 1.82) is 0 Å². The molecule has 0 unspecified atom stereocenters. The summed E-state index contributed by atoms with van der Waals surface area (Å²) in [4.78, 5) is 19.6. The van der Waals surface area contributed by atoms with Gasteiger partial charge in [-0.05, 0) is 36.1 Å². The number of ether oxygens (including phenoxy) is 1. The lowest BCUT2D eigenvalue weighted by Gasteiger charge is -2.43. The Morgan fingerprint density at radius 3 is 2.81 bits per heavy atom. The lowest BCUT2D eigenvalue weighted by molar-refractivity contribution is 0.113. The number of aliphatic hydroxyl groups is 1. The van der Waals surface area contributed by atoms with Gasteiger partial charge < -0.3 is 14.4 Å². The molecule has 2 aliphatic rings. The number of fused-ring (bicyclic) bond motifs is 4.